The van der Waals surface area contributed by atoms with Gasteiger partial charge in [0.2, 0.25) is 11.9 Å². The highest BCUT2D eigenvalue weighted by molar-refractivity contribution is 6.15. The molecule has 4 aromatic carbocycles. The van der Waals surface area contributed by atoms with Crippen molar-refractivity contribution in [3.8, 4) is 28.5 Å². The molecule has 0 radical (unpaired) electrons. The normalized spacial score (nSPS) is 11.4. The van der Waals surface area contributed by atoms with Gasteiger partial charge >= 0.3 is 0 Å². The molecule has 6 rings (SSSR count). The highest BCUT2D eigenvalue weighted by Crippen LogP contribution is 2.42. The molecule has 2 heterocycles. The van der Waals surface area contributed by atoms with Crippen LogP contribution >= 0.6 is 0 Å². The second-order valence-corrected chi connectivity index (χ2v) is 8.62. The van der Waals surface area contributed by atoms with Gasteiger partial charge in [0, 0.05) is 22.4 Å². The van der Waals surface area contributed by atoms with Gasteiger partial charge in [0.25, 0.3) is 0 Å². The van der Waals surface area contributed by atoms with Crippen LogP contribution in [0.3, 0.4) is 0 Å². The van der Waals surface area contributed by atoms with E-state index in [4.69, 9.17) is 4.42 Å². The molecule has 0 amide bonds. The van der Waals surface area contributed by atoms with E-state index in [1.54, 1.807) is 10.6 Å². The number of benzene rings is 4. The summed E-state index contributed by atoms with van der Waals surface area (Å²) in [5.41, 5.74) is 6.65. The van der Waals surface area contributed by atoms with Crippen LogP contribution in [0.2, 0.25) is 0 Å². The monoisotopic (exact) mass is 443 g/mol. The van der Waals surface area contributed by atoms with Gasteiger partial charge in [-0.05, 0) is 53.1 Å². The Morgan fingerprint density at radius 1 is 0.882 bits per heavy atom. The summed E-state index contributed by atoms with van der Waals surface area (Å²) in [6, 6.07) is 28.0. The number of fused-ring (bicyclic) bond motifs is 4. The first kappa shape index (κ1) is 20.1. The third-order valence-electron chi connectivity index (χ3n) is 6.53. The summed E-state index contributed by atoms with van der Waals surface area (Å²) in [6.45, 7) is 2.01. The SMILES string of the molecule is Cc1ccc2c(oc3c(-c4ccc5ccccc5c4)ccc(C#N)c32)c1-c1ccc(F)c[n+]1C. The van der Waals surface area contributed by atoms with Gasteiger partial charge in [-0.2, -0.15) is 9.83 Å². The van der Waals surface area contributed by atoms with Crippen LogP contribution in [0, 0.1) is 24.1 Å². The number of nitrogens with zero attached hydrogens (tertiary/aromatic N) is 2. The van der Waals surface area contributed by atoms with Crippen LogP contribution in [0.25, 0.3) is 55.1 Å². The van der Waals surface area contributed by atoms with Gasteiger partial charge in [0.15, 0.2) is 5.82 Å². The van der Waals surface area contributed by atoms with Crippen molar-refractivity contribution in [3.63, 3.8) is 0 Å². The molecule has 0 saturated heterocycles. The van der Waals surface area contributed by atoms with E-state index in [1.165, 1.54) is 17.6 Å². The smallest absolute Gasteiger partial charge is 0.216 e. The summed E-state index contributed by atoms with van der Waals surface area (Å²) < 4.78 is 22.2. The van der Waals surface area contributed by atoms with Gasteiger partial charge in [-0.25, -0.2) is 4.39 Å². The molecule has 0 N–H and O–H groups in total. The molecule has 0 saturated carbocycles. The Kier molecular flexibility index (Phi) is 4.46. The van der Waals surface area contributed by atoms with Gasteiger partial charge < -0.3 is 4.42 Å². The maximum absolute atomic E-state index is 13.8. The lowest BCUT2D eigenvalue weighted by Crippen LogP contribution is -2.31. The van der Waals surface area contributed by atoms with Crippen LogP contribution in [0.4, 0.5) is 4.39 Å². The Hall–Kier alpha value is -4.49. The third-order valence-corrected chi connectivity index (χ3v) is 6.53. The van der Waals surface area contributed by atoms with Gasteiger partial charge in [-0.1, -0.05) is 48.5 Å². The van der Waals surface area contributed by atoms with E-state index in [2.05, 4.69) is 36.4 Å². The van der Waals surface area contributed by atoms with Crippen LogP contribution in [0.5, 0.6) is 0 Å². The van der Waals surface area contributed by atoms with Crippen molar-refractivity contribution in [3.05, 3.63) is 102 Å². The number of aryl methyl sites for hydroxylation is 2. The summed E-state index contributed by atoms with van der Waals surface area (Å²) in [7, 11) is 1.82. The molecule has 34 heavy (non-hydrogen) atoms. The van der Waals surface area contributed by atoms with Crippen molar-refractivity contribution >= 4 is 32.7 Å². The molecule has 0 fully saturated rings. The van der Waals surface area contributed by atoms with E-state index in [0.717, 1.165) is 44.1 Å². The predicted octanol–water partition coefficient (Wildman–Crippen LogP) is 7.22. The Balaban J connectivity index is 1.71. The lowest BCUT2D eigenvalue weighted by molar-refractivity contribution is -0.661. The minimum absolute atomic E-state index is 0.300. The predicted molar refractivity (Wildman–Crippen MR) is 133 cm³/mol. The molecule has 0 aliphatic heterocycles. The Morgan fingerprint density at radius 3 is 2.50 bits per heavy atom. The van der Waals surface area contributed by atoms with Crippen LogP contribution in [-0.4, -0.2) is 0 Å². The maximum atomic E-state index is 13.8. The van der Waals surface area contributed by atoms with Crippen molar-refractivity contribution < 1.29 is 13.4 Å². The zero-order valence-electron chi connectivity index (χ0n) is 18.8. The Labute approximate surface area is 195 Å². The molecule has 162 valence electrons. The first-order valence-electron chi connectivity index (χ1n) is 11.1. The summed E-state index contributed by atoms with van der Waals surface area (Å²) in [5.74, 6) is -0.300. The van der Waals surface area contributed by atoms with Crippen LogP contribution in [0.15, 0.2) is 89.5 Å². The quantitative estimate of drug-likeness (QED) is 0.265. The molecule has 0 atom stereocenters. The van der Waals surface area contributed by atoms with Crippen molar-refractivity contribution in [2.75, 3.05) is 0 Å². The number of nitriles is 1. The maximum Gasteiger partial charge on any atom is 0.216 e. The standard InChI is InChI=1S/C30H20FN2O/c1-18-7-12-25-28-22(16-32)10-13-24(21-9-8-19-5-3-4-6-20(19)15-21)29(28)34-30(25)27(18)26-14-11-23(31)17-33(26)2/h3-15,17H,1-2H3/q+1. The Bertz CT molecular complexity index is 1810. The van der Waals surface area contributed by atoms with E-state index in [1.807, 2.05) is 50.4 Å². The summed E-state index contributed by atoms with van der Waals surface area (Å²) in [5, 5.41) is 13.9. The Morgan fingerprint density at radius 2 is 1.71 bits per heavy atom. The molecule has 4 heteroatoms. The van der Waals surface area contributed by atoms with Crippen molar-refractivity contribution in [1.29, 1.82) is 5.26 Å². The van der Waals surface area contributed by atoms with Gasteiger partial charge in [-0.3, -0.25) is 0 Å². The van der Waals surface area contributed by atoms with Gasteiger partial charge in [0.1, 0.15) is 18.2 Å². The molecular weight excluding hydrogens is 423 g/mol. The minimum Gasteiger partial charge on any atom is -0.454 e. The second-order valence-electron chi connectivity index (χ2n) is 8.62. The number of halogens is 1. The van der Waals surface area contributed by atoms with Crippen molar-refractivity contribution in [2.24, 2.45) is 7.05 Å². The number of hydrogen-bond donors (Lipinski definition) is 0. The zero-order chi connectivity index (χ0) is 23.4. The molecule has 0 unspecified atom stereocenters. The highest BCUT2D eigenvalue weighted by Gasteiger charge is 2.23. The molecule has 0 aliphatic carbocycles. The summed E-state index contributed by atoms with van der Waals surface area (Å²) >= 11 is 0. The molecule has 0 aliphatic rings. The number of aromatic nitrogens is 1. The molecule has 0 bridgehead atoms. The highest BCUT2D eigenvalue weighted by atomic mass is 19.1. The molecular formula is C30H20FN2O+. The second kappa shape index (κ2) is 7.54. The average Bonchev–Trinajstić information content (AvgIpc) is 3.23. The lowest BCUT2D eigenvalue weighted by atomic mass is 9.95. The van der Waals surface area contributed by atoms with Crippen LogP contribution < -0.4 is 4.57 Å². The molecule has 2 aromatic heterocycles. The third kappa shape index (κ3) is 2.98. The molecule has 3 nitrogen and oxygen atoms in total. The lowest BCUT2D eigenvalue weighted by Gasteiger charge is -2.06. The summed E-state index contributed by atoms with van der Waals surface area (Å²) in [4.78, 5) is 0. The minimum atomic E-state index is -0.300. The average molecular weight is 444 g/mol. The van der Waals surface area contributed by atoms with E-state index in [-0.39, 0.29) is 5.82 Å². The first-order valence-corrected chi connectivity index (χ1v) is 11.1. The largest absolute Gasteiger partial charge is 0.454 e. The number of hydrogen-bond acceptors (Lipinski definition) is 2. The molecule has 0 spiro atoms. The van der Waals surface area contributed by atoms with E-state index in [9.17, 15) is 9.65 Å². The number of furan rings is 1. The van der Waals surface area contributed by atoms with E-state index in [0.29, 0.717) is 16.7 Å². The topological polar surface area (TPSA) is 40.8 Å². The van der Waals surface area contributed by atoms with Crippen molar-refractivity contribution in [2.45, 2.75) is 6.92 Å². The van der Waals surface area contributed by atoms with E-state index < -0.39 is 0 Å². The van der Waals surface area contributed by atoms with Gasteiger partial charge in [-0.15, -0.1) is 0 Å². The summed E-state index contributed by atoms with van der Waals surface area (Å²) in [6.07, 6.45) is 1.46. The van der Waals surface area contributed by atoms with Gasteiger partial charge in [0.05, 0.1) is 17.2 Å². The first-order chi connectivity index (χ1) is 16.5. The van der Waals surface area contributed by atoms with E-state index >= 15 is 0 Å². The fourth-order valence-corrected chi connectivity index (χ4v) is 4.87. The fraction of sp³-hybridized carbons (Fsp3) is 0.0667. The molecule has 6 aromatic rings. The van der Waals surface area contributed by atoms with Crippen LogP contribution in [0.1, 0.15) is 11.1 Å². The number of rotatable bonds is 2. The zero-order valence-corrected chi connectivity index (χ0v) is 18.8. The van der Waals surface area contributed by atoms with Crippen LogP contribution in [-0.2, 0) is 7.05 Å². The van der Waals surface area contributed by atoms with Crippen molar-refractivity contribution in [1.82, 2.24) is 0 Å². The fourth-order valence-electron chi connectivity index (χ4n) is 4.87. The number of pyridine rings is 1.